The topological polar surface area (TPSA) is 63.1 Å². The van der Waals surface area contributed by atoms with Gasteiger partial charge in [0.15, 0.2) is 5.65 Å². The fourth-order valence-corrected chi connectivity index (χ4v) is 2.73. The molecule has 6 heteroatoms. The number of nitrogens with one attached hydrogen (secondary N) is 1. The molecule has 1 saturated heterocycles. The van der Waals surface area contributed by atoms with Crippen molar-refractivity contribution in [3.05, 3.63) is 24.0 Å². The number of fused-ring (bicyclic) bond motifs is 1. The first-order valence-corrected chi connectivity index (χ1v) is 7.40. The van der Waals surface area contributed by atoms with Crippen molar-refractivity contribution in [3.63, 3.8) is 0 Å². The molecule has 0 saturated carbocycles. The number of pyridine rings is 1. The molecule has 0 aliphatic carbocycles. The monoisotopic (exact) mass is 287 g/mol. The van der Waals surface area contributed by atoms with Gasteiger partial charge >= 0.3 is 0 Å². The fraction of sp³-hybridized carbons (Fsp3) is 0.533. The van der Waals surface area contributed by atoms with E-state index in [-0.39, 0.29) is 11.9 Å². The number of hydrogen-bond donors (Lipinski definition) is 1. The van der Waals surface area contributed by atoms with E-state index >= 15 is 0 Å². The molecule has 21 heavy (non-hydrogen) atoms. The summed E-state index contributed by atoms with van der Waals surface area (Å²) in [5.74, 6) is 0.0999. The van der Waals surface area contributed by atoms with E-state index in [1.807, 2.05) is 24.0 Å². The number of carbonyl (C=O) groups excluding carboxylic acids is 1. The van der Waals surface area contributed by atoms with E-state index in [4.69, 9.17) is 0 Å². The van der Waals surface area contributed by atoms with Crippen molar-refractivity contribution < 1.29 is 4.79 Å². The molecule has 1 fully saturated rings. The summed E-state index contributed by atoms with van der Waals surface area (Å²) in [6, 6.07) is 2.33. The molecule has 1 N–H and O–H groups in total. The number of carbonyl (C=O) groups is 1. The summed E-state index contributed by atoms with van der Waals surface area (Å²) < 4.78 is 1.93. The van der Waals surface area contributed by atoms with Crippen LogP contribution in [0.3, 0.4) is 0 Å². The third kappa shape index (κ3) is 2.63. The Kier molecular flexibility index (Phi) is 3.63. The van der Waals surface area contributed by atoms with Crippen molar-refractivity contribution in [2.75, 3.05) is 13.1 Å². The van der Waals surface area contributed by atoms with Gasteiger partial charge in [-0.15, -0.1) is 0 Å². The number of rotatable bonds is 3. The van der Waals surface area contributed by atoms with Crippen LogP contribution in [-0.2, 0) is 11.3 Å². The standard InChI is InChI=1S/C15H21N5O/c1-10(2)20-14-13(8-18-20)6-12(7-17-14)9-19-5-4-16-15(21)11(19)3/h6-8,10-11H,4-5,9H2,1-3H3,(H,16,21). The van der Waals surface area contributed by atoms with Gasteiger partial charge < -0.3 is 5.32 Å². The Morgan fingerprint density at radius 2 is 2.24 bits per heavy atom. The van der Waals surface area contributed by atoms with E-state index in [1.54, 1.807) is 0 Å². The molecule has 6 nitrogen and oxygen atoms in total. The van der Waals surface area contributed by atoms with Gasteiger partial charge in [-0.05, 0) is 32.4 Å². The lowest BCUT2D eigenvalue weighted by Crippen LogP contribution is -2.53. The first-order valence-electron chi connectivity index (χ1n) is 7.40. The lowest BCUT2D eigenvalue weighted by atomic mass is 10.1. The Labute approximate surface area is 124 Å². The number of hydrogen-bond acceptors (Lipinski definition) is 4. The van der Waals surface area contributed by atoms with E-state index in [1.165, 1.54) is 0 Å². The number of aromatic nitrogens is 3. The molecule has 0 aromatic carbocycles. The number of nitrogens with zero attached hydrogens (tertiary/aromatic N) is 4. The van der Waals surface area contributed by atoms with Gasteiger partial charge in [-0.3, -0.25) is 9.69 Å². The smallest absolute Gasteiger partial charge is 0.237 e. The van der Waals surface area contributed by atoms with Crippen molar-refractivity contribution in [2.45, 2.75) is 39.4 Å². The molecule has 0 bridgehead atoms. The zero-order chi connectivity index (χ0) is 15.0. The van der Waals surface area contributed by atoms with Gasteiger partial charge in [0.1, 0.15) is 0 Å². The Morgan fingerprint density at radius 1 is 1.43 bits per heavy atom. The average molecular weight is 287 g/mol. The van der Waals surface area contributed by atoms with Crippen molar-refractivity contribution >= 4 is 16.9 Å². The van der Waals surface area contributed by atoms with Gasteiger partial charge in [-0.2, -0.15) is 5.10 Å². The summed E-state index contributed by atoms with van der Waals surface area (Å²) >= 11 is 0. The van der Waals surface area contributed by atoms with E-state index in [2.05, 4.69) is 40.2 Å². The zero-order valence-corrected chi connectivity index (χ0v) is 12.7. The van der Waals surface area contributed by atoms with E-state index < -0.39 is 0 Å². The van der Waals surface area contributed by atoms with Crippen LogP contribution in [0.25, 0.3) is 11.0 Å². The molecule has 2 aromatic rings. The fourth-order valence-electron chi connectivity index (χ4n) is 2.73. The van der Waals surface area contributed by atoms with Crippen molar-refractivity contribution in [2.24, 2.45) is 0 Å². The molecule has 0 spiro atoms. The first-order chi connectivity index (χ1) is 10.1. The quantitative estimate of drug-likeness (QED) is 0.925. The van der Waals surface area contributed by atoms with Crippen LogP contribution in [0, 0.1) is 0 Å². The van der Waals surface area contributed by atoms with Crippen LogP contribution < -0.4 is 5.32 Å². The minimum absolute atomic E-state index is 0.0900. The highest BCUT2D eigenvalue weighted by atomic mass is 16.2. The van der Waals surface area contributed by atoms with Crippen LogP contribution in [0.15, 0.2) is 18.5 Å². The first kappa shape index (κ1) is 14.0. The number of piperazine rings is 1. The molecule has 112 valence electrons. The third-order valence-corrected chi connectivity index (χ3v) is 3.99. The Morgan fingerprint density at radius 3 is 3.00 bits per heavy atom. The molecule has 3 heterocycles. The number of amides is 1. The predicted molar refractivity (Wildman–Crippen MR) is 80.8 cm³/mol. The minimum Gasteiger partial charge on any atom is -0.353 e. The van der Waals surface area contributed by atoms with Crippen LogP contribution in [0.4, 0.5) is 0 Å². The maximum atomic E-state index is 11.7. The summed E-state index contributed by atoms with van der Waals surface area (Å²) in [6.45, 7) is 8.45. The maximum absolute atomic E-state index is 11.7. The van der Waals surface area contributed by atoms with Crippen LogP contribution in [0.1, 0.15) is 32.4 Å². The van der Waals surface area contributed by atoms with E-state index in [0.717, 1.165) is 29.7 Å². The Bertz CT molecular complexity index is 663. The van der Waals surface area contributed by atoms with Gasteiger partial charge in [0, 0.05) is 37.3 Å². The molecule has 2 aromatic heterocycles. The van der Waals surface area contributed by atoms with E-state index in [9.17, 15) is 4.79 Å². The van der Waals surface area contributed by atoms with Crippen LogP contribution in [-0.4, -0.2) is 44.7 Å². The highest BCUT2D eigenvalue weighted by Gasteiger charge is 2.25. The van der Waals surface area contributed by atoms with Gasteiger partial charge in [0.05, 0.1) is 12.2 Å². The van der Waals surface area contributed by atoms with Crippen LogP contribution in [0.5, 0.6) is 0 Å². The highest BCUT2D eigenvalue weighted by Crippen LogP contribution is 2.18. The maximum Gasteiger partial charge on any atom is 0.237 e. The molecule has 1 amide bonds. The van der Waals surface area contributed by atoms with Crippen LogP contribution in [0.2, 0.25) is 0 Å². The second-order valence-corrected chi connectivity index (χ2v) is 5.88. The summed E-state index contributed by atoms with van der Waals surface area (Å²) in [7, 11) is 0. The largest absolute Gasteiger partial charge is 0.353 e. The second kappa shape index (κ2) is 5.44. The van der Waals surface area contributed by atoms with Crippen molar-refractivity contribution in [1.82, 2.24) is 25.0 Å². The molecular formula is C15H21N5O. The molecular weight excluding hydrogens is 266 g/mol. The van der Waals surface area contributed by atoms with Crippen LogP contribution >= 0.6 is 0 Å². The lowest BCUT2D eigenvalue weighted by molar-refractivity contribution is -0.128. The summed E-state index contributed by atoms with van der Waals surface area (Å²) in [6.07, 6.45) is 3.75. The minimum atomic E-state index is -0.0900. The third-order valence-electron chi connectivity index (χ3n) is 3.99. The molecule has 3 rings (SSSR count). The predicted octanol–water partition coefficient (Wildman–Crippen LogP) is 1.33. The Balaban J connectivity index is 1.83. The molecule has 1 aliphatic rings. The molecule has 1 unspecified atom stereocenters. The summed E-state index contributed by atoms with van der Waals surface area (Å²) in [5, 5.41) is 8.32. The molecule has 1 atom stereocenters. The van der Waals surface area contributed by atoms with Gasteiger partial charge in [-0.1, -0.05) is 0 Å². The zero-order valence-electron chi connectivity index (χ0n) is 12.7. The normalized spacial score (nSPS) is 20.2. The Hall–Kier alpha value is -1.95. The summed E-state index contributed by atoms with van der Waals surface area (Å²) in [4.78, 5) is 18.4. The molecule has 0 radical (unpaired) electrons. The van der Waals surface area contributed by atoms with Gasteiger partial charge in [0.25, 0.3) is 0 Å². The summed E-state index contributed by atoms with van der Waals surface area (Å²) in [5.41, 5.74) is 2.03. The highest BCUT2D eigenvalue weighted by molar-refractivity contribution is 5.82. The average Bonchev–Trinajstić information content (AvgIpc) is 2.87. The van der Waals surface area contributed by atoms with Gasteiger partial charge in [0.2, 0.25) is 5.91 Å². The van der Waals surface area contributed by atoms with Crippen molar-refractivity contribution in [1.29, 1.82) is 0 Å². The second-order valence-electron chi connectivity index (χ2n) is 5.88. The lowest BCUT2D eigenvalue weighted by Gasteiger charge is -2.32. The van der Waals surface area contributed by atoms with Gasteiger partial charge in [-0.25, -0.2) is 9.67 Å². The SMILES string of the molecule is CC1C(=O)NCCN1Cc1cnc2c(cnn2C(C)C)c1. The molecule has 1 aliphatic heterocycles. The van der Waals surface area contributed by atoms with Crippen molar-refractivity contribution in [3.8, 4) is 0 Å². The van der Waals surface area contributed by atoms with E-state index in [0.29, 0.717) is 12.6 Å².